The van der Waals surface area contributed by atoms with Crippen LogP contribution in [0.1, 0.15) is 18.9 Å². The van der Waals surface area contributed by atoms with Gasteiger partial charge in [-0.1, -0.05) is 25.1 Å². The van der Waals surface area contributed by atoms with Gasteiger partial charge in [0.15, 0.2) is 15.6 Å². The lowest BCUT2D eigenvalue weighted by Gasteiger charge is -2.09. The Morgan fingerprint density at radius 1 is 1.28 bits per heavy atom. The molecule has 1 aromatic carbocycles. The van der Waals surface area contributed by atoms with Crippen molar-refractivity contribution in [3.63, 3.8) is 0 Å². The van der Waals surface area contributed by atoms with Crippen LogP contribution in [-0.2, 0) is 25.8 Å². The van der Waals surface area contributed by atoms with Crippen LogP contribution in [0.4, 0.5) is 0 Å². The number of Topliss-reactive ketones (excluding diaryl/α,β-unsaturated/α-hetero) is 1. The smallest absolute Gasteiger partial charge is 0.178 e. The first-order valence-electron chi connectivity index (χ1n) is 5.82. The number of methoxy groups -OCH3 is 1. The number of carbonyl (C=O) groups excluding carboxylic acids is 1. The minimum Gasteiger partial charge on any atom is -0.377 e. The molecular weight excluding hydrogens is 252 g/mol. The molecule has 0 saturated carbocycles. The van der Waals surface area contributed by atoms with E-state index in [1.807, 2.05) is 6.92 Å². The molecule has 0 heterocycles. The van der Waals surface area contributed by atoms with Crippen LogP contribution >= 0.6 is 0 Å². The third-order valence-electron chi connectivity index (χ3n) is 2.47. The van der Waals surface area contributed by atoms with Crippen molar-refractivity contribution in [2.24, 2.45) is 0 Å². The van der Waals surface area contributed by atoms with E-state index in [-0.39, 0.29) is 29.5 Å². The largest absolute Gasteiger partial charge is 0.377 e. The second-order valence-electron chi connectivity index (χ2n) is 4.08. The Hall–Kier alpha value is -1.20. The molecule has 0 N–H and O–H groups in total. The van der Waals surface area contributed by atoms with E-state index in [2.05, 4.69) is 0 Å². The maximum atomic E-state index is 12.0. The zero-order chi connectivity index (χ0) is 13.6. The molecular formula is C13H18O4S. The maximum Gasteiger partial charge on any atom is 0.178 e. The molecule has 1 aromatic rings. The van der Waals surface area contributed by atoms with Crippen molar-refractivity contribution >= 4 is 15.6 Å². The molecule has 0 aromatic heterocycles. The second kappa shape index (κ2) is 6.66. The lowest BCUT2D eigenvalue weighted by molar-refractivity contribution is -0.122. The predicted octanol–water partition coefficient (Wildman–Crippen LogP) is 1.63. The summed E-state index contributed by atoms with van der Waals surface area (Å²) in [7, 11) is -1.85. The van der Waals surface area contributed by atoms with E-state index in [0.29, 0.717) is 12.0 Å². The highest BCUT2D eigenvalue weighted by Crippen LogP contribution is 2.18. The van der Waals surface area contributed by atoms with Crippen LogP contribution in [0.5, 0.6) is 0 Å². The third kappa shape index (κ3) is 3.92. The summed E-state index contributed by atoms with van der Waals surface area (Å²) in [6.45, 7) is 1.82. The highest BCUT2D eigenvalue weighted by molar-refractivity contribution is 7.91. The van der Waals surface area contributed by atoms with Crippen molar-refractivity contribution in [3.05, 3.63) is 29.8 Å². The first-order chi connectivity index (χ1) is 8.51. The highest BCUT2D eigenvalue weighted by atomic mass is 32.2. The van der Waals surface area contributed by atoms with E-state index in [0.717, 1.165) is 0 Å². The summed E-state index contributed by atoms with van der Waals surface area (Å²) in [5, 5.41) is 0. The molecule has 0 amide bonds. The van der Waals surface area contributed by atoms with Crippen LogP contribution in [0.2, 0.25) is 0 Å². The van der Waals surface area contributed by atoms with Gasteiger partial charge in [-0.25, -0.2) is 8.42 Å². The maximum absolute atomic E-state index is 12.0. The summed E-state index contributed by atoms with van der Waals surface area (Å²) >= 11 is 0. The summed E-state index contributed by atoms with van der Waals surface area (Å²) in [6.07, 6.45) is 0.648. The lowest BCUT2D eigenvalue weighted by atomic mass is 10.1. The predicted molar refractivity (Wildman–Crippen MR) is 69.4 cm³/mol. The van der Waals surface area contributed by atoms with Gasteiger partial charge in [-0.2, -0.15) is 0 Å². The molecule has 100 valence electrons. The van der Waals surface area contributed by atoms with Crippen LogP contribution in [0.3, 0.4) is 0 Å². The molecule has 0 bridgehead atoms. The summed E-state index contributed by atoms with van der Waals surface area (Å²) < 4.78 is 28.8. The van der Waals surface area contributed by atoms with Crippen molar-refractivity contribution in [1.82, 2.24) is 0 Å². The number of benzene rings is 1. The fourth-order valence-electron chi connectivity index (χ4n) is 1.76. The molecule has 0 fully saturated rings. The van der Waals surface area contributed by atoms with Gasteiger partial charge in [0.1, 0.15) is 6.61 Å². The van der Waals surface area contributed by atoms with Crippen LogP contribution in [-0.4, -0.2) is 33.7 Å². The molecule has 0 unspecified atom stereocenters. The average Bonchev–Trinajstić information content (AvgIpc) is 2.29. The SMILES string of the molecule is CCCS(=O)(=O)c1ccccc1CC(=O)COC. The minimum atomic E-state index is -3.29. The number of carbonyl (C=O) groups is 1. The van der Waals surface area contributed by atoms with Crippen LogP contribution in [0.15, 0.2) is 29.2 Å². The van der Waals surface area contributed by atoms with E-state index in [9.17, 15) is 13.2 Å². The molecule has 0 atom stereocenters. The Balaban J connectivity index is 3.03. The average molecular weight is 270 g/mol. The van der Waals surface area contributed by atoms with Gasteiger partial charge in [0, 0.05) is 13.5 Å². The topological polar surface area (TPSA) is 60.4 Å². The van der Waals surface area contributed by atoms with E-state index in [4.69, 9.17) is 4.74 Å². The molecule has 0 saturated heterocycles. The number of rotatable bonds is 7. The van der Waals surface area contributed by atoms with Crippen LogP contribution < -0.4 is 0 Å². The first kappa shape index (κ1) is 14.9. The van der Waals surface area contributed by atoms with E-state index in [1.165, 1.54) is 7.11 Å². The number of sulfone groups is 1. The van der Waals surface area contributed by atoms with Gasteiger partial charge in [0.25, 0.3) is 0 Å². The van der Waals surface area contributed by atoms with Crippen molar-refractivity contribution in [2.75, 3.05) is 19.5 Å². The standard InChI is InChI=1S/C13H18O4S/c1-3-8-18(15,16)13-7-5-4-6-11(13)9-12(14)10-17-2/h4-7H,3,8-10H2,1-2H3. The fraction of sp³-hybridized carbons (Fsp3) is 0.462. The third-order valence-corrected chi connectivity index (χ3v) is 4.49. The monoisotopic (exact) mass is 270 g/mol. The summed E-state index contributed by atoms with van der Waals surface area (Å²) in [5.74, 6) is -0.0284. The molecule has 0 aliphatic rings. The van der Waals surface area contributed by atoms with Crippen molar-refractivity contribution in [1.29, 1.82) is 0 Å². The van der Waals surface area contributed by atoms with Crippen molar-refractivity contribution in [2.45, 2.75) is 24.7 Å². The van der Waals surface area contributed by atoms with E-state index < -0.39 is 9.84 Å². The zero-order valence-electron chi connectivity index (χ0n) is 10.7. The van der Waals surface area contributed by atoms with Crippen LogP contribution in [0.25, 0.3) is 0 Å². The lowest BCUT2D eigenvalue weighted by Crippen LogP contribution is -2.14. The van der Waals surface area contributed by atoms with Crippen molar-refractivity contribution < 1.29 is 17.9 Å². The van der Waals surface area contributed by atoms with E-state index >= 15 is 0 Å². The Morgan fingerprint density at radius 2 is 1.94 bits per heavy atom. The molecule has 1 rings (SSSR count). The Morgan fingerprint density at radius 3 is 2.56 bits per heavy atom. The van der Waals surface area contributed by atoms with E-state index in [1.54, 1.807) is 24.3 Å². The molecule has 0 aliphatic heterocycles. The highest BCUT2D eigenvalue weighted by Gasteiger charge is 2.18. The van der Waals surface area contributed by atoms with Gasteiger partial charge in [0.05, 0.1) is 10.6 Å². The van der Waals surface area contributed by atoms with Gasteiger partial charge >= 0.3 is 0 Å². The molecule has 18 heavy (non-hydrogen) atoms. The van der Waals surface area contributed by atoms with Gasteiger partial charge in [-0.15, -0.1) is 0 Å². The minimum absolute atomic E-state index is 0.00214. The molecule has 4 nitrogen and oxygen atoms in total. The molecule has 0 spiro atoms. The Kier molecular flexibility index (Phi) is 5.50. The number of hydrogen-bond donors (Lipinski definition) is 0. The van der Waals surface area contributed by atoms with Gasteiger partial charge < -0.3 is 4.74 Å². The summed E-state index contributed by atoms with van der Waals surface area (Å²) in [6, 6.07) is 6.64. The Labute approximate surface area is 108 Å². The van der Waals surface area contributed by atoms with Gasteiger partial charge in [0.2, 0.25) is 0 Å². The summed E-state index contributed by atoms with van der Waals surface area (Å²) in [4.78, 5) is 11.8. The second-order valence-corrected chi connectivity index (χ2v) is 6.15. The first-order valence-corrected chi connectivity index (χ1v) is 7.47. The fourth-order valence-corrected chi connectivity index (χ4v) is 3.34. The van der Waals surface area contributed by atoms with Gasteiger partial charge in [-0.05, 0) is 18.1 Å². The normalized spacial score (nSPS) is 11.4. The number of hydrogen-bond acceptors (Lipinski definition) is 4. The van der Waals surface area contributed by atoms with Crippen molar-refractivity contribution in [3.8, 4) is 0 Å². The molecule has 5 heteroatoms. The zero-order valence-corrected chi connectivity index (χ0v) is 11.5. The summed E-state index contributed by atoms with van der Waals surface area (Å²) in [5.41, 5.74) is 0.549. The van der Waals surface area contributed by atoms with Crippen LogP contribution in [0, 0.1) is 0 Å². The quantitative estimate of drug-likeness (QED) is 0.755. The molecule has 0 aliphatic carbocycles. The Bertz CT molecular complexity index is 505. The molecule has 0 radical (unpaired) electrons. The number of ketones is 1. The number of ether oxygens (including phenoxy) is 1. The van der Waals surface area contributed by atoms with Gasteiger partial charge in [-0.3, -0.25) is 4.79 Å².